The molecule has 1 amide bonds. The van der Waals surface area contributed by atoms with E-state index >= 15 is 0 Å². The number of aromatic nitrogens is 1. The summed E-state index contributed by atoms with van der Waals surface area (Å²) in [6.07, 6.45) is 4.63. The third kappa shape index (κ3) is 7.29. The Morgan fingerprint density at radius 2 is 1.78 bits per heavy atom. The van der Waals surface area contributed by atoms with Gasteiger partial charge in [-0.2, -0.15) is 5.26 Å². The standard InChI is InChI=1S/C29H29N5O2/c1-4-31-26(16-21(3)35)25-14-15-27(32-19-25)34-29(36)28(24-8-6-5-7-9-24)33-18-20(2)23-12-10-22(17-30)11-13-23/h4-16,19-20,28,33H,18H2,1-3H3,(H,32,34,36)/b26-16-,31-4-. The first-order chi connectivity index (χ1) is 17.4. The highest BCUT2D eigenvalue weighted by molar-refractivity contribution is 5.96. The van der Waals surface area contributed by atoms with Crippen molar-refractivity contribution in [3.63, 3.8) is 0 Å². The van der Waals surface area contributed by atoms with Crippen LogP contribution < -0.4 is 10.6 Å². The molecule has 7 nitrogen and oxygen atoms in total. The number of aliphatic imine (C=N–C) groups is 1. The van der Waals surface area contributed by atoms with Crippen molar-refractivity contribution in [1.82, 2.24) is 10.3 Å². The zero-order valence-corrected chi connectivity index (χ0v) is 20.6. The van der Waals surface area contributed by atoms with Crippen LogP contribution in [0.1, 0.15) is 55.0 Å². The van der Waals surface area contributed by atoms with Crippen LogP contribution in [0.25, 0.3) is 5.70 Å². The molecule has 3 aromatic rings. The Balaban J connectivity index is 1.74. The van der Waals surface area contributed by atoms with Gasteiger partial charge in [0.2, 0.25) is 5.91 Å². The zero-order valence-electron chi connectivity index (χ0n) is 20.6. The van der Waals surface area contributed by atoms with Gasteiger partial charge in [0.05, 0.1) is 17.3 Å². The fourth-order valence-electron chi connectivity index (χ4n) is 3.65. The Hall–Kier alpha value is -4.41. The summed E-state index contributed by atoms with van der Waals surface area (Å²) in [4.78, 5) is 33.4. The van der Waals surface area contributed by atoms with Gasteiger partial charge in [-0.15, -0.1) is 0 Å². The summed E-state index contributed by atoms with van der Waals surface area (Å²) in [5.41, 5.74) is 3.72. The summed E-state index contributed by atoms with van der Waals surface area (Å²) in [6, 6.07) is 22.0. The summed E-state index contributed by atoms with van der Waals surface area (Å²) >= 11 is 0. The van der Waals surface area contributed by atoms with Gasteiger partial charge in [0.25, 0.3) is 0 Å². The van der Waals surface area contributed by atoms with Gasteiger partial charge in [-0.25, -0.2) is 4.98 Å². The number of allylic oxidation sites excluding steroid dienone is 1. The van der Waals surface area contributed by atoms with Crippen LogP contribution in [0.5, 0.6) is 0 Å². The van der Waals surface area contributed by atoms with Gasteiger partial charge >= 0.3 is 0 Å². The van der Waals surface area contributed by atoms with Crippen molar-refractivity contribution >= 4 is 29.4 Å². The minimum absolute atomic E-state index is 0.111. The van der Waals surface area contributed by atoms with Gasteiger partial charge in [-0.1, -0.05) is 49.4 Å². The third-order valence-electron chi connectivity index (χ3n) is 5.55. The molecule has 0 radical (unpaired) electrons. The first-order valence-corrected chi connectivity index (χ1v) is 11.7. The van der Waals surface area contributed by atoms with Crippen molar-refractivity contribution in [3.8, 4) is 6.07 Å². The largest absolute Gasteiger partial charge is 0.309 e. The van der Waals surface area contributed by atoms with Crippen LogP contribution in [0.3, 0.4) is 0 Å². The smallest absolute Gasteiger partial charge is 0.247 e. The van der Waals surface area contributed by atoms with Crippen molar-refractivity contribution in [2.24, 2.45) is 4.99 Å². The fraction of sp³-hybridized carbons (Fsp3) is 0.207. The van der Waals surface area contributed by atoms with Crippen LogP contribution in [0, 0.1) is 11.3 Å². The minimum atomic E-state index is -0.591. The lowest BCUT2D eigenvalue weighted by molar-refractivity contribution is -0.118. The highest BCUT2D eigenvalue weighted by atomic mass is 16.2. The van der Waals surface area contributed by atoms with Gasteiger partial charge in [0.15, 0.2) is 5.78 Å². The molecule has 0 fully saturated rings. The molecule has 36 heavy (non-hydrogen) atoms. The molecule has 3 rings (SSSR count). The normalized spacial score (nSPS) is 13.1. The molecule has 182 valence electrons. The number of carbonyl (C=O) groups excluding carboxylic acids is 2. The van der Waals surface area contributed by atoms with E-state index in [9.17, 15) is 9.59 Å². The van der Waals surface area contributed by atoms with Crippen molar-refractivity contribution in [2.45, 2.75) is 32.7 Å². The maximum atomic E-state index is 13.3. The lowest BCUT2D eigenvalue weighted by Crippen LogP contribution is -2.35. The summed E-state index contributed by atoms with van der Waals surface area (Å²) in [5.74, 6) is 0.175. The molecule has 2 unspecified atom stereocenters. The number of nitriles is 1. The average molecular weight is 480 g/mol. The average Bonchev–Trinajstić information content (AvgIpc) is 2.89. The lowest BCUT2D eigenvalue weighted by Gasteiger charge is -2.21. The van der Waals surface area contributed by atoms with Crippen molar-refractivity contribution < 1.29 is 9.59 Å². The Bertz CT molecular complexity index is 1270. The predicted molar refractivity (Wildman–Crippen MR) is 142 cm³/mol. The molecule has 0 spiro atoms. The summed E-state index contributed by atoms with van der Waals surface area (Å²) in [6.45, 7) is 5.86. The topological polar surface area (TPSA) is 107 Å². The monoisotopic (exact) mass is 479 g/mol. The molecule has 0 aliphatic carbocycles. The van der Waals surface area contributed by atoms with Gasteiger partial charge in [-0.05, 0) is 55.2 Å². The summed E-state index contributed by atoms with van der Waals surface area (Å²) < 4.78 is 0. The number of nitrogens with zero attached hydrogens (tertiary/aromatic N) is 3. The Morgan fingerprint density at radius 3 is 2.36 bits per heavy atom. The van der Waals surface area contributed by atoms with Crippen molar-refractivity contribution in [1.29, 1.82) is 5.26 Å². The number of nitrogens with one attached hydrogen (secondary N) is 2. The summed E-state index contributed by atoms with van der Waals surface area (Å²) in [7, 11) is 0. The van der Waals surface area contributed by atoms with E-state index in [1.807, 2.05) is 42.5 Å². The van der Waals surface area contributed by atoms with Crippen LogP contribution in [0.15, 0.2) is 84.0 Å². The van der Waals surface area contributed by atoms with E-state index < -0.39 is 6.04 Å². The second-order valence-electron chi connectivity index (χ2n) is 8.34. The number of anilines is 1. The third-order valence-corrected chi connectivity index (χ3v) is 5.55. The van der Waals surface area contributed by atoms with Crippen LogP contribution in [-0.4, -0.2) is 29.4 Å². The highest BCUT2D eigenvalue weighted by Crippen LogP contribution is 2.21. The number of benzene rings is 2. The summed E-state index contributed by atoms with van der Waals surface area (Å²) in [5, 5.41) is 15.3. The molecule has 2 aromatic carbocycles. The predicted octanol–water partition coefficient (Wildman–Crippen LogP) is 5.05. The highest BCUT2D eigenvalue weighted by Gasteiger charge is 2.22. The Kier molecular flexibility index (Phi) is 9.38. The Morgan fingerprint density at radius 1 is 1.06 bits per heavy atom. The number of amides is 1. The second-order valence-corrected chi connectivity index (χ2v) is 8.34. The SMILES string of the molecule is C/C=N\C(=C/C(C)=O)c1ccc(NC(=O)C(NCC(C)c2ccc(C#N)cc2)c2ccccc2)nc1. The van der Waals surface area contributed by atoms with Crippen LogP contribution >= 0.6 is 0 Å². The molecular formula is C29H29N5O2. The maximum absolute atomic E-state index is 13.3. The second kappa shape index (κ2) is 12.9. The molecule has 2 N–H and O–H groups in total. The molecule has 0 bridgehead atoms. The van der Waals surface area contributed by atoms with Crippen molar-refractivity contribution in [3.05, 3.63) is 101 Å². The molecule has 0 saturated carbocycles. The van der Waals surface area contributed by atoms with E-state index in [-0.39, 0.29) is 17.6 Å². The molecule has 1 aromatic heterocycles. The molecule has 2 atom stereocenters. The van der Waals surface area contributed by atoms with Crippen LogP contribution in [-0.2, 0) is 9.59 Å². The van der Waals surface area contributed by atoms with E-state index in [4.69, 9.17) is 5.26 Å². The molecule has 0 aliphatic rings. The van der Waals surface area contributed by atoms with Gasteiger partial charge in [0, 0.05) is 30.6 Å². The quantitative estimate of drug-likeness (QED) is 0.313. The van der Waals surface area contributed by atoms with Crippen molar-refractivity contribution in [2.75, 3.05) is 11.9 Å². The molecule has 0 saturated heterocycles. The molecule has 7 heteroatoms. The van der Waals surface area contributed by atoms with Gasteiger partial charge < -0.3 is 10.6 Å². The number of rotatable bonds is 10. The number of hydrogen-bond donors (Lipinski definition) is 2. The first kappa shape index (κ1) is 26.2. The Labute approximate surface area is 211 Å². The van der Waals surface area contributed by atoms with Crippen LogP contribution in [0.2, 0.25) is 0 Å². The van der Waals surface area contributed by atoms with E-state index in [2.05, 4.69) is 33.6 Å². The number of carbonyl (C=O) groups is 2. The van der Waals surface area contributed by atoms with Gasteiger partial charge in [-0.3, -0.25) is 14.6 Å². The number of ketones is 1. The molecule has 0 aliphatic heterocycles. The number of pyridine rings is 1. The lowest BCUT2D eigenvalue weighted by atomic mass is 9.98. The van der Waals surface area contributed by atoms with E-state index in [1.165, 1.54) is 13.0 Å². The van der Waals surface area contributed by atoms with E-state index in [1.54, 1.807) is 43.6 Å². The van der Waals surface area contributed by atoms with E-state index in [0.29, 0.717) is 29.2 Å². The number of hydrogen-bond acceptors (Lipinski definition) is 6. The minimum Gasteiger partial charge on any atom is -0.309 e. The van der Waals surface area contributed by atoms with Crippen LogP contribution in [0.4, 0.5) is 5.82 Å². The van der Waals surface area contributed by atoms with E-state index in [0.717, 1.165) is 11.1 Å². The zero-order chi connectivity index (χ0) is 25.9. The maximum Gasteiger partial charge on any atom is 0.247 e. The molecular weight excluding hydrogens is 450 g/mol. The molecule has 1 heterocycles. The fourth-order valence-corrected chi connectivity index (χ4v) is 3.65. The van der Waals surface area contributed by atoms with Gasteiger partial charge in [0.1, 0.15) is 11.9 Å². The first-order valence-electron chi connectivity index (χ1n) is 11.7.